The maximum absolute atomic E-state index is 9.00. The molecule has 0 saturated carbocycles. The summed E-state index contributed by atoms with van der Waals surface area (Å²) < 4.78 is 0. The summed E-state index contributed by atoms with van der Waals surface area (Å²) in [6.45, 7) is 1.70. The molecular formula is C13H9ClO. The van der Waals surface area contributed by atoms with Gasteiger partial charge in [0.1, 0.15) is 0 Å². The maximum atomic E-state index is 9.00. The minimum absolute atomic E-state index is 0.158. The highest BCUT2D eigenvalue weighted by Crippen LogP contribution is 1.87. The Morgan fingerprint density at radius 2 is 1.73 bits per heavy atom. The Morgan fingerprint density at radius 3 is 2.33 bits per heavy atom. The van der Waals surface area contributed by atoms with Gasteiger partial charge in [-0.15, -0.1) is 11.6 Å². The van der Waals surface area contributed by atoms with E-state index in [-0.39, 0.29) is 5.88 Å². The number of aliphatic hydroxyl groups excluding tert-OH is 1. The Balaban J connectivity index is 4.05. The van der Waals surface area contributed by atoms with Gasteiger partial charge in [0.05, 0.1) is 12.0 Å². The van der Waals surface area contributed by atoms with E-state index in [9.17, 15) is 0 Å². The molecule has 0 heterocycles. The van der Waals surface area contributed by atoms with E-state index in [1.54, 1.807) is 6.92 Å². The minimum atomic E-state index is -0.659. The lowest BCUT2D eigenvalue weighted by Gasteiger charge is -1.93. The lowest BCUT2D eigenvalue weighted by Crippen LogP contribution is -2.01. The fourth-order valence-corrected chi connectivity index (χ4v) is 0.579. The number of rotatable bonds is 2. The molecule has 0 aliphatic carbocycles. The van der Waals surface area contributed by atoms with Gasteiger partial charge in [-0.1, -0.05) is 11.8 Å². The number of aliphatic hydroxyl groups is 1. The molecule has 15 heavy (non-hydrogen) atoms. The normalized spacial score (nSPS) is 9.27. The quantitative estimate of drug-likeness (QED) is 0.543. The summed E-state index contributed by atoms with van der Waals surface area (Å²) in [4.78, 5) is 0. The first-order valence-electron chi connectivity index (χ1n) is 4.14. The smallest absolute Gasteiger partial charge is 0.0865 e. The van der Waals surface area contributed by atoms with Gasteiger partial charge >= 0.3 is 0 Å². The van der Waals surface area contributed by atoms with Gasteiger partial charge < -0.3 is 5.11 Å². The van der Waals surface area contributed by atoms with Crippen molar-refractivity contribution in [3.8, 4) is 47.4 Å². The van der Waals surface area contributed by atoms with Crippen LogP contribution in [0.25, 0.3) is 0 Å². The molecule has 0 radical (unpaired) electrons. The number of hydrogen-bond donors (Lipinski definition) is 1. The molecule has 0 saturated heterocycles. The van der Waals surface area contributed by atoms with E-state index in [2.05, 4.69) is 47.4 Å². The summed E-state index contributed by atoms with van der Waals surface area (Å²) in [6.07, 6.45) is 2.34. The molecule has 0 aromatic carbocycles. The van der Waals surface area contributed by atoms with Crippen LogP contribution >= 0.6 is 11.6 Å². The van der Waals surface area contributed by atoms with Crippen LogP contribution in [-0.2, 0) is 0 Å². The van der Waals surface area contributed by atoms with E-state index in [1.807, 2.05) is 0 Å². The van der Waals surface area contributed by atoms with Crippen LogP contribution in [-0.4, -0.2) is 17.1 Å². The highest BCUT2D eigenvalue weighted by atomic mass is 35.5. The van der Waals surface area contributed by atoms with Crippen molar-refractivity contribution in [3.63, 3.8) is 0 Å². The van der Waals surface area contributed by atoms with Gasteiger partial charge in [0, 0.05) is 0 Å². The largest absolute Gasteiger partial charge is 0.388 e. The van der Waals surface area contributed by atoms with Crippen LogP contribution in [0.5, 0.6) is 0 Å². The van der Waals surface area contributed by atoms with E-state index in [0.29, 0.717) is 0 Å². The Bertz CT molecular complexity index is 444. The fraction of sp³-hybridized carbons (Fsp3) is 0.231. The van der Waals surface area contributed by atoms with Gasteiger partial charge in [-0.2, -0.15) is 0 Å². The monoisotopic (exact) mass is 216 g/mol. The van der Waals surface area contributed by atoms with Crippen molar-refractivity contribution in [3.05, 3.63) is 12.2 Å². The molecule has 0 spiro atoms. The van der Waals surface area contributed by atoms with Gasteiger partial charge in [0.2, 0.25) is 0 Å². The number of allylic oxidation sites excluding steroid dienone is 1. The Labute approximate surface area is 95.5 Å². The van der Waals surface area contributed by atoms with E-state index in [1.165, 1.54) is 12.2 Å². The third-order valence-electron chi connectivity index (χ3n) is 1.07. The molecule has 1 atom stereocenters. The van der Waals surface area contributed by atoms with Crippen LogP contribution in [0.2, 0.25) is 0 Å². The second kappa shape index (κ2) is 10.3. The Kier molecular flexibility index (Phi) is 9.09. The highest BCUT2D eigenvalue weighted by molar-refractivity contribution is 6.18. The van der Waals surface area contributed by atoms with Crippen molar-refractivity contribution in [1.82, 2.24) is 0 Å². The van der Waals surface area contributed by atoms with Crippen LogP contribution in [0, 0.1) is 47.4 Å². The topological polar surface area (TPSA) is 20.2 Å². The van der Waals surface area contributed by atoms with E-state index >= 15 is 0 Å². The van der Waals surface area contributed by atoms with Crippen molar-refractivity contribution in [2.75, 3.05) is 5.88 Å². The second-order valence-electron chi connectivity index (χ2n) is 2.23. The summed E-state index contributed by atoms with van der Waals surface area (Å²) in [6, 6.07) is 0. The lowest BCUT2D eigenvalue weighted by atomic mass is 10.3. The van der Waals surface area contributed by atoms with Crippen molar-refractivity contribution in [2.24, 2.45) is 0 Å². The Morgan fingerprint density at radius 1 is 1.13 bits per heavy atom. The summed E-state index contributed by atoms with van der Waals surface area (Å²) in [7, 11) is 0. The molecule has 0 aliphatic rings. The van der Waals surface area contributed by atoms with E-state index in [0.717, 1.165) is 0 Å². The summed E-state index contributed by atoms with van der Waals surface area (Å²) in [5, 5.41) is 9.00. The van der Waals surface area contributed by atoms with Gasteiger partial charge in [0.15, 0.2) is 0 Å². The molecule has 0 bridgehead atoms. The van der Waals surface area contributed by atoms with Crippen LogP contribution < -0.4 is 0 Å². The Hall–Kier alpha value is -1.77. The molecule has 0 aliphatic heterocycles. The molecule has 0 unspecified atom stereocenters. The van der Waals surface area contributed by atoms with Gasteiger partial charge in [0.25, 0.3) is 0 Å². The number of halogens is 1. The molecule has 2 heteroatoms. The summed E-state index contributed by atoms with van der Waals surface area (Å²) >= 11 is 5.35. The third kappa shape index (κ3) is 10.1. The average Bonchev–Trinajstić information content (AvgIpc) is 2.26. The zero-order valence-electron chi connectivity index (χ0n) is 8.26. The summed E-state index contributed by atoms with van der Waals surface area (Å²) in [5.74, 6) is 20.6. The number of alkyl halides is 1. The first kappa shape index (κ1) is 13.2. The van der Waals surface area contributed by atoms with Crippen LogP contribution in [0.1, 0.15) is 6.92 Å². The second-order valence-corrected chi connectivity index (χ2v) is 2.53. The SMILES string of the molecule is CC#CC#CC#CC#C/C=C/[C@H](O)CCl. The zero-order chi connectivity index (χ0) is 11.4. The van der Waals surface area contributed by atoms with Gasteiger partial charge in [-0.3, -0.25) is 0 Å². The third-order valence-corrected chi connectivity index (χ3v) is 1.39. The van der Waals surface area contributed by atoms with Gasteiger partial charge in [-0.25, -0.2) is 0 Å². The first-order valence-corrected chi connectivity index (χ1v) is 4.67. The van der Waals surface area contributed by atoms with Crippen molar-refractivity contribution in [1.29, 1.82) is 0 Å². The lowest BCUT2D eigenvalue weighted by molar-refractivity contribution is 0.247. The minimum Gasteiger partial charge on any atom is -0.388 e. The van der Waals surface area contributed by atoms with Crippen molar-refractivity contribution in [2.45, 2.75) is 13.0 Å². The zero-order valence-corrected chi connectivity index (χ0v) is 9.02. The molecule has 0 amide bonds. The average molecular weight is 217 g/mol. The molecule has 0 aromatic heterocycles. The summed E-state index contributed by atoms with van der Waals surface area (Å²) in [5.41, 5.74) is 0. The van der Waals surface area contributed by atoms with Crippen LogP contribution in [0.4, 0.5) is 0 Å². The maximum Gasteiger partial charge on any atom is 0.0865 e. The van der Waals surface area contributed by atoms with Gasteiger partial charge in [-0.05, 0) is 54.6 Å². The number of hydrogen-bond acceptors (Lipinski definition) is 1. The molecule has 74 valence electrons. The molecule has 1 N–H and O–H groups in total. The van der Waals surface area contributed by atoms with Crippen molar-refractivity contribution >= 4 is 11.6 Å². The first-order chi connectivity index (χ1) is 7.31. The van der Waals surface area contributed by atoms with Crippen LogP contribution in [0.3, 0.4) is 0 Å². The molecule has 0 aromatic rings. The highest BCUT2D eigenvalue weighted by Gasteiger charge is 1.90. The predicted octanol–water partition coefficient (Wildman–Crippen LogP) is 1.18. The predicted molar refractivity (Wildman–Crippen MR) is 62.6 cm³/mol. The van der Waals surface area contributed by atoms with E-state index in [4.69, 9.17) is 16.7 Å². The standard InChI is InChI=1S/C13H9ClO/c1-2-3-4-5-6-7-8-9-10-11-13(15)12-14/h10-11,13,15H,12H2,1H3/b11-10+/t13-/m0/s1. The molecule has 1 nitrogen and oxygen atoms in total. The van der Waals surface area contributed by atoms with Crippen molar-refractivity contribution < 1.29 is 5.11 Å². The fourth-order valence-electron chi connectivity index (χ4n) is 0.476. The molecule has 0 fully saturated rings. The van der Waals surface area contributed by atoms with E-state index < -0.39 is 6.10 Å². The molecular weight excluding hydrogens is 208 g/mol. The molecule has 0 rings (SSSR count). The van der Waals surface area contributed by atoms with Crippen LogP contribution in [0.15, 0.2) is 12.2 Å².